The lowest BCUT2D eigenvalue weighted by Gasteiger charge is -2.31. The zero-order chi connectivity index (χ0) is 17.1. The molecule has 2 heterocycles. The predicted molar refractivity (Wildman–Crippen MR) is 91.8 cm³/mol. The molecule has 1 saturated carbocycles. The number of carbonyl (C=O) groups is 2. The number of aromatic nitrogens is 2. The van der Waals surface area contributed by atoms with E-state index >= 15 is 0 Å². The van der Waals surface area contributed by atoms with Crippen molar-refractivity contribution in [2.75, 3.05) is 11.9 Å². The van der Waals surface area contributed by atoms with Crippen molar-refractivity contribution in [3.63, 3.8) is 0 Å². The van der Waals surface area contributed by atoms with E-state index in [0.717, 1.165) is 12.8 Å². The van der Waals surface area contributed by atoms with Crippen LogP contribution in [0, 0.1) is 0 Å². The van der Waals surface area contributed by atoms with Gasteiger partial charge in [-0.2, -0.15) is 5.10 Å². The van der Waals surface area contributed by atoms with Crippen LogP contribution in [-0.2, 0) is 4.79 Å². The minimum Gasteiger partial charge on any atom is -0.338 e. The van der Waals surface area contributed by atoms with E-state index in [0.29, 0.717) is 24.8 Å². The first-order valence-corrected chi connectivity index (χ1v) is 8.95. The van der Waals surface area contributed by atoms with E-state index in [1.54, 1.807) is 16.9 Å². The molecule has 1 aliphatic heterocycles. The van der Waals surface area contributed by atoms with Gasteiger partial charge in [-0.1, -0.05) is 19.3 Å². The fourth-order valence-electron chi connectivity index (χ4n) is 3.74. The van der Waals surface area contributed by atoms with Gasteiger partial charge in [0.25, 0.3) is 0 Å². The summed E-state index contributed by atoms with van der Waals surface area (Å²) in [5, 5.41) is 9.96. The molecule has 1 atom stereocenters. The van der Waals surface area contributed by atoms with Crippen LogP contribution in [0.3, 0.4) is 0 Å². The van der Waals surface area contributed by atoms with Gasteiger partial charge in [0.2, 0.25) is 5.91 Å². The maximum Gasteiger partial charge on any atom is 0.320 e. The zero-order valence-electron chi connectivity index (χ0n) is 14.5. The third-order valence-corrected chi connectivity index (χ3v) is 4.91. The number of hydrogen-bond acceptors (Lipinski definition) is 3. The van der Waals surface area contributed by atoms with Gasteiger partial charge in [-0.15, -0.1) is 0 Å². The van der Waals surface area contributed by atoms with E-state index in [2.05, 4.69) is 15.7 Å². The number of likely N-dealkylation sites (tertiary alicyclic amines) is 1. The van der Waals surface area contributed by atoms with Crippen LogP contribution < -0.4 is 10.6 Å². The Bertz CT molecular complexity index is 592. The molecule has 0 radical (unpaired) electrons. The minimum absolute atomic E-state index is 0.116. The van der Waals surface area contributed by atoms with Crippen molar-refractivity contribution in [2.24, 2.45) is 0 Å². The first kappa shape index (κ1) is 16.8. The Morgan fingerprint density at radius 1 is 1.29 bits per heavy atom. The molecule has 1 aromatic rings. The summed E-state index contributed by atoms with van der Waals surface area (Å²) in [6, 6.07) is 1.91. The lowest BCUT2D eigenvalue weighted by Crippen LogP contribution is -2.42. The van der Waals surface area contributed by atoms with Crippen molar-refractivity contribution in [3.8, 4) is 0 Å². The summed E-state index contributed by atoms with van der Waals surface area (Å²) in [5.41, 5.74) is 0. The maximum atomic E-state index is 12.3. The average Bonchev–Trinajstić information content (AvgIpc) is 3.14. The molecular formula is C17H27N5O2. The molecule has 1 unspecified atom stereocenters. The quantitative estimate of drug-likeness (QED) is 0.888. The highest BCUT2D eigenvalue weighted by molar-refractivity contribution is 5.89. The Hall–Kier alpha value is -2.05. The fourth-order valence-corrected chi connectivity index (χ4v) is 3.74. The zero-order valence-corrected chi connectivity index (χ0v) is 14.5. The first-order valence-electron chi connectivity index (χ1n) is 8.95. The number of anilines is 1. The second-order valence-corrected chi connectivity index (χ2v) is 7.09. The molecule has 2 N–H and O–H groups in total. The van der Waals surface area contributed by atoms with Crippen molar-refractivity contribution in [1.82, 2.24) is 20.0 Å². The smallest absolute Gasteiger partial charge is 0.320 e. The van der Waals surface area contributed by atoms with Gasteiger partial charge < -0.3 is 10.2 Å². The summed E-state index contributed by atoms with van der Waals surface area (Å²) in [6.45, 7) is 4.64. The number of hydrogen-bond donors (Lipinski definition) is 2. The van der Waals surface area contributed by atoms with Gasteiger partial charge in [0.15, 0.2) is 0 Å². The highest BCUT2D eigenvalue weighted by Crippen LogP contribution is 2.26. The second kappa shape index (κ2) is 7.23. The Kier molecular flexibility index (Phi) is 5.06. The van der Waals surface area contributed by atoms with Gasteiger partial charge in [0, 0.05) is 31.1 Å². The van der Waals surface area contributed by atoms with Gasteiger partial charge in [-0.25, -0.2) is 9.48 Å². The van der Waals surface area contributed by atoms with Crippen molar-refractivity contribution < 1.29 is 9.59 Å². The Morgan fingerprint density at radius 2 is 2.04 bits per heavy atom. The lowest BCUT2D eigenvalue weighted by molar-refractivity contribution is -0.130. The minimum atomic E-state index is -0.277. The van der Waals surface area contributed by atoms with Crippen LogP contribution in [0.1, 0.15) is 58.4 Å². The van der Waals surface area contributed by atoms with Crippen molar-refractivity contribution in [2.45, 2.75) is 70.5 Å². The standard InChI is InChI=1S/C17H27N5O2/c1-12(2)22-15(8-9-18-22)20-17(24)19-13-10-16(23)21(11-13)14-6-4-3-5-7-14/h8-9,12-14H,3-7,10-11H2,1-2H3,(H2,19,20,24). The van der Waals surface area contributed by atoms with Gasteiger partial charge in [-0.3, -0.25) is 10.1 Å². The Balaban J connectivity index is 1.53. The van der Waals surface area contributed by atoms with Crippen LogP contribution in [0.5, 0.6) is 0 Å². The molecule has 2 fully saturated rings. The molecule has 1 aliphatic carbocycles. The number of nitrogens with one attached hydrogen (secondary N) is 2. The van der Waals surface area contributed by atoms with Crippen LogP contribution in [-0.4, -0.2) is 45.2 Å². The molecule has 0 spiro atoms. The summed E-state index contributed by atoms with van der Waals surface area (Å²) in [6.07, 6.45) is 7.92. The molecule has 3 rings (SSSR count). The molecular weight excluding hydrogens is 306 g/mol. The van der Waals surface area contributed by atoms with Crippen molar-refractivity contribution in [1.29, 1.82) is 0 Å². The predicted octanol–water partition coefficient (Wildman–Crippen LogP) is 2.52. The van der Waals surface area contributed by atoms with Gasteiger partial charge in [0.05, 0.1) is 12.2 Å². The van der Waals surface area contributed by atoms with Gasteiger partial charge >= 0.3 is 6.03 Å². The summed E-state index contributed by atoms with van der Waals surface area (Å²) in [4.78, 5) is 26.5. The number of amides is 3. The highest BCUT2D eigenvalue weighted by Gasteiger charge is 2.35. The number of rotatable bonds is 4. The third-order valence-electron chi connectivity index (χ3n) is 4.91. The van der Waals surface area contributed by atoms with Crippen LogP contribution in [0.15, 0.2) is 12.3 Å². The summed E-state index contributed by atoms with van der Waals surface area (Å²) in [5.74, 6) is 0.829. The molecule has 3 amide bonds. The maximum absolute atomic E-state index is 12.3. The van der Waals surface area contributed by atoms with Crippen LogP contribution >= 0.6 is 0 Å². The summed E-state index contributed by atoms with van der Waals surface area (Å²) >= 11 is 0. The molecule has 0 bridgehead atoms. The first-order chi connectivity index (χ1) is 11.5. The number of nitrogens with zero attached hydrogens (tertiary/aromatic N) is 3. The molecule has 132 valence electrons. The highest BCUT2D eigenvalue weighted by atomic mass is 16.2. The number of urea groups is 1. The Labute approximate surface area is 142 Å². The molecule has 1 saturated heterocycles. The molecule has 1 aromatic heterocycles. The van der Waals surface area contributed by atoms with Gasteiger partial charge in [-0.05, 0) is 26.7 Å². The van der Waals surface area contributed by atoms with Gasteiger partial charge in [0.1, 0.15) is 5.82 Å². The van der Waals surface area contributed by atoms with Crippen molar-refractivity contribution in [3.05, 3.63) is 12.3 Å². The largest absolute Gasteiger partial charge is 0.338 e. The van der Waals surface area contributed by atoms with E-state index in [-0.39, 0.29) is 24.0 Å². The normalized spacial score (nSPS) is 22.2. The fraction of sp³-hybridized carbons (Fsp3) is 0.706. The van der Waals surface area contributed by atoms with E-state index in [1.807, 2.05) is 18.7 Å². The summed E-state index contributed by atoms with van der Waals surface area (Å²) < 4.78 is 1.76. The van der Waals surface area contributed by atoms with Crippen LogP contribution in [0.25, 0.3) is 0 Å². The molecule has 0 aromatic carbocycles. The molecule has 7 heteroatoms. The van der Waals surface area contributed by atoms with E-state index < -0.39 is 0 Å². The SMILES string of the molecule is CC(C)n1nccc1NC(=O)NC1CC(=O)N(C2CCCCC2)C1. The monoisotopic (exact) mass is 333 g/mol. The molecule has 7 nitrogen and oxygen atoms in total. The second-order valence-electron chi connectivity index (χ2n) is 7.09. The lowest BCUT2D eigenvalue weighted by atomic mass is 9.94. The molecule has 24 heavy (non-hydrogen) atoms. The van der Waals surface area contributed by atoms with E-state index in [1.165, 1.54) is 19.3 Å². The van der Waals surface area contributed by atoms with Crippen LogP contribution in [0.4, 0.5) is 10.6 Å². The third kappa shape index (κ3) is 3.71. The number of carbonyl (C=O) groups excluding carboxylic acids is 2. The summed E-state index contributed by atoms with van der Waals surface area (Å²) in [7, 11) is 0. The average molecular weight is 333 g/mol. The Morgan fingerprint density at radius 3 is 2.75 bits per heavy atom. The van der Waals surface area contributed by atoms with Crippen molar-refractivity contribution >= 4 is 17.8 Å². The van der Waals surface area contributed by atoms with E-state index in [4.69, 9.17) is 0 Å². The topological polar surface area (TPSA) is 79.3 Å². The van der Waals surface area contributed by atoms with E-state index in [9.17, 15) is 9.59 Å². The molecule has 2 aliphatic rings. The van der Waals surface area contributed by atoms with Crippen LogP contribution in [0.2, 0.25) is 0 Å².